The molecule has 1 saturated carbocycles. The summed E-state index contributed by atoms with van der Waals surface area (Å²) in [5.41, 5.74) is 2.30. The lowest BCUT2D eigenvalue weighted by molar-refractivity contribution is -0.111. The summed E-state index contributed by atoms with van der Waals surface area (Å²) >= 11 is 0. The molecule has 2 aromatic heterocycles. The number of benzene rings is 1. The summed E-state index contributed by atoms with van der Waals surface area (Å²) in [6.07, 6.45) is 11.2. The van der Waals surface area contributed by atoms with E-state index in [9.17, 15) is 4.79 Å². The van der Waals surface area contributed by atoms with E-state index in [1.807, 2.05) is 35.0 Å². The minimum atomic E-state index is -0.199. The molecule has 6 heteroatoms. The third-order valence-electron chi connectivity index (χ3n) is 4.46. The molecule has 1 aliphatic carbocycles. The maximum Gasteiger partial charge on any atom is 0.249 e. The van der Waals surface area contributed by atoms with E-state index < -0.39 is 0 Å². The standard InChI is InChI=1S/C19H19N5O/c25-19(23-18-11-12-21-24(18)15-5-1-2-6-15)10-9-14-13-20-16-7-3-4-8-17(16)22-14/h3-4,7-13,15H,1-2,5-6H2,(H,23,25)/b10-9+. The number of carbonyl (C=O) groups excluding carboxylic acids is 1. The SMILES string of the molecule is O=C(/C=C/c1cnc2ccccc2n1)Nc1ccnn1C1CCCC1. The number of amides is 1. The number of carbonyl (C=O) groups is 1. The van der Waals surface area contributed by atoms with Crippen molar-refractivity contribution >= 4 is 28.8 Å². The Hall–Kier alpha value is -3.02. The maximum absolute atomic E-state index is 12.2. The minimum Gasteiger partial charge on any atom is -0.307 e. The van der Waals surface area contributed by atoms with Crippen LogP contribution in [0.3, 0.4) is 0 Å². The van der Waals surface area contributed by atoms with Crippen molar-refractivity contribution in [3.05, 3.63) is 54.5 Å². The highest BCUT2D eigenvalue weighted by Crippen LogP contribution is 2.31. The third-order valence-corrected chi connectivity index (χ3v) is 4.46. The number of nitrogens with one attached hydrogen (secondary N) is 1. The van der Waals surface area contributed by atoms with Crippen LogP contribution < -0.4 is 5.32 Å². The Kier molecular flexibility index (Phi) is 4.24. The average molecular weight is 333 g/mol. The van der Waals surface area contributed by atoms with Gasteiger partial charge in [0.2, 0.25) is 5.91 Å². The normalized spacial score (nSPS) is 15.2. The van der Waals surface area contributed by atoms with Gasteiger partial charge in [-0.25, -0.2) is 9.67 Å². The molecule has 25 heavy (non-hydrogen) atoms. The van der Waals surface area contributed by atoms with Gasteiger partial charge in [-0.2, -0.15) is 5.10 Å². The molecular formula is C19H19N5O. The summed E-state index contributed by atoms with van der Waals surface area (Å²) in [6, 6.07) is 9.88. The van der Waals surface area contributed by atoms with Crippen molar-refractivity contribution in [3.63, 3.8) is 0 Å². The van der Waals surface area contributed by atoms with Crippen LogP contribution in [0.4, 0.5) is 5.82 Å². The zero-order chi connectivity index (χ0) is 17.1. The van der Waals surface area contributed by atoms with Crippen molar-refractivity contribution in [2.45, 2.75) is 31.7 Å². The molecule has 1 fully saturated rings. The molecule has 126 valence electrons. The van der Waals surface area contributed by atoms with Crippen LogP contribution in [0, 0.1) is 0 Å². The first-order valence-electron chi connectivity index (χ1n) is 8.54. The Bertz CT molecular complexity index is 924. The number of anilines is 1. The number of hydrogen-bond donors (Lipinski definition) is 1. The Balaban J connectivity index is 1.46. The monoisotopic (exact) mass is 333 g/mol. The first kappa shape index (κ1) is 15.5. The number of aromatic nitrogens is 4. The Morgan fingerprint density at radius 3 is 2.80 bits per heavy atom. The molecule has 1 amide bonds. The van der Waals surface area contributed by atoms with Gasteiger partial charge >= 0.3 is 0 Å². The van der Waals surface area contributed by atoms with Crippen LogP contribution in [0.1, 0.15) is 37.4 Å². The second-order valence-corrected chi connectivity index (χ2v) is 6.21. The number of fused-ring (bicyclic) bond motifs is 1. The highest BCUT2D eigenvalue weighted by molar-refractivity contribution is 6.01. The minimum absolute atomic E-state index is 0.199. The van der Waals surface area contributed by atoms with Crippen molar-refractivity contribution < 1.29 is 4.79 Å². The fourth-order valence-electron chi connectivity index (χ4n) is 3.23. The maximum atomic E-state index is 12.2. The van der Waals surface area contributed by atoms with E-state index in [1.54, 1.807) is 18.5 Å². The summed E-state index contributed by atoms with van der Waals surface area (Å²) in [4.78, 5) is 21.0. The number of para-hydroxylation sites is 2. The molecule has 4 rings (SSSR count). The van der Waals surface area contributed by atoms with Gasteiger partial charge in [0.1, 0.15) is 5.82 Å². The van der Waals surface area contributed by atoms with E-state index in [0.717, 1.165) is 29.7 Å². The van der Waals surface area contributed by atoms with Crippen molar-refractivity contribution in [1.82, 2.24) is 19.7 Å². The first-order chi connectivity index (χ1) is 12.3. The lowest BCUT2D eigenvalue weighted by atomic mass is 10.2. The zero-order valence-corrected chi connectivity index (χ0v) is 13.8. The molecule has 1 aliphatic rings. The summed E-state index contributed by atoms with van der Waals surface area (Å²) in [6.45, 7) is 0. The number of hydrogen-bond acceptors (Lipinski definition) is 4. The Labute approximate surface area is 145 Å². The number of nitrogens with zero attached hydrogens (tertiary/aromatic N) is 4. The van der Waals surface area contributed by atoms with Crippen LogP contribution in [0.15, 0.2) is 48.8 Å². The van der Waals surface area contributed by atoms with Gasteiger partial charge in [-0.3, -0.25) is 9.78 Å². The van der Waals surface area contributed by atoms with Crippen LogP contribution in [0.2, 0.25) is 0 Å². The topological polar surface area (TPSA) is 72.7 Å². The van der Waals surface area contributed by atoms with Crippen LogP contribution in [-0.2, 0) is 4.79 Å². The van der Waals surface area contributed by atoms with Crippen LogP contribution in [-0.4, -0.2) is 25.7 Å². The molecule has 0 saturated heterocycles. The molecule has 6 nitrogen and oxygen atoms in total. The number of rotatable bonds is 4. The molecule has 0 aliphatic heterocycles. The van der Waals surface area contributed by atoms with Gasteiger partial charge < -0.3 is 5.32 Å². The summed E-state index contributed by atoms with van der Waals surface area (Å²) in [5, 5.41) is 7.26. The largest absolute Gasteiger partial charge is 0.307 e. The fraction of sp³-hybridized carbons (Fsp3) is 0.263. The van der Waals surface area contributed by atoms with Crippen molar-refractivity contribution in [2.24, 2.45) is 0 Å². The van der Waals surface area contributed by atoms with Gasteiger partial charge in [-0.05, 0) is 31.1 Å². The molecule has 1 aromatic carbocycles. The Morgan fingerprint density at radius 1 is 1.16 bits per heavy atom. The van der Waals surface area contributed by atoms with E-state index >= 15 is 0 Å². The third kappa shape index (κ3) is 3.42. The van der Waals surface area contributed by atoms with E-state index in [1.165, 1.54) is 18.9 Å². The molecule has 0 radical (unpaired) electrons. The quantitative estimate of drug-likeness (QED) is 0.741. The predicted octanol–water partition coefficient (Wildman–Crippen LogP) is 3.59. The highest BCUT2D eigenvalue weighted by atomic mass is 16.1. The Morgan fingerprint density at radius 2 is 1.96 bits per heavy atom. The summed E-state index contributed by atoms with van der Waals surface area (Å²) < 4.78 is 1.93. The lowest BCUT2D eigenvalue weighted by Gasteiger charge is -2.13. The van der Waals surface area contributed by atoms with Gasteiger partial charge in [0, 0.05) is 12.1 Å². The molecule has 0 atom stereocenters. The highest BCUT2D eigenvalue weighted by Gasteiger charge is 2.20. The molecular weight excluding hydrogens is 314 g/mol. The first-order valence-corrected chi connectivity index (χ1v) is 8.54. The summed E-state index contributed by atoms with van der Waals surface area (Å²) in [5.74, 6) is 0.542. The van der Waals surface area contributed by atoms with Crippen molar-refractivity contribution in [3.8, 4) is 0 Å². The molecule has 3 aromatic rings. The predicted molar refractivity (Wildman–Crippen MR) is 96.9 cm³/mol. The van der Waals surface area contributed by atoms with Gasteiger partial charge in [-0.1, -0.05) is 25.0 Å². The van der Waals surface area contributed by atoms with Crippen LogP contribution in [0.25, 0.3) is 17.1 Å². The van der Waals surface area contributed by atoms with Gasteiger partial charge in [0.25, 0.3) is 0 Å². The van der Waals surface area contributed by atoms with E-state index in [-0.39, 0.29) is 5.91 Å². The smallest absolute Gasteiger partial charge is 0.249 e. The molecule has 0 bridgehead atoms. The van der Waals surface area contributed by atoms with Gasteiger partial charge in [0.05, 0.1) is 35.2 Å². The van der Waals surface area contributed by atoms with Crippen LogP contribution in [0.5, 0.6) is 0 Å². The molecule has 1 N–H and O–H groups in total. The van der Waals surface area contributed by atoms with E-state index in [2.05, 4.69) is 20.4 Å². The molecule has 0 unspecified atom stereocenters. The second kappa shape index (κ2) is 6.84. The van der Waals surface area contributed by atoms with Crippen molar-refractivity contribution in [2.75, 3.05) is 5.32 Å². The van der Waals surface area contributed by atoms with E-state index in [0.29, 0.717) is 11.7 Å². The fourth-order valence-corrected chi connectivity index (χ4v) is 3.23. The molecule has 0 spiro atoms. The van der Waals surface area contributed by atoms with E-state index in [4.69, 9.17) is 0 Å². The van der Waals surface area contributed by atoms with Crippen LogP contribution >= 0.6 is 0 Å². The average Bonchev–Trinajstić information content (AvgIpc) is 3.31. The van der Waals surface area contributed by atoms with Gasteiger partial charge in [-0.15, -0.1) is 0 Å². The summed E-state index contributed by atoms with van der Waals surface area (Å²) in [7, 11) is 0. The lowest BCUT2D eigenvalue weighted by Crippen LogP contribution is -2.15. The zero-order valence-electron chi connectivity index (χ0n) is 13.8. The second-order valence-electron chi connectivity index (χ2n) is 6.21. The van der Waals surface area contributed by atoms with Crippen molar-refractivity contribution in [1.29, 1.82) is 0 Å². The molecule has 2 heterocycles. The van der Waals surface area contributed by atoms with Gasteiger partial charge in [0.15, 0.2) is 0 Å².